The summed E-state index contributed by atoms with van der Waals surface area (Å²) in [6.07, 6.45) is 11.7. The van der Waals surface area contributed by atoms with E-state index in [1.807, 2.05) is 6.92 Å². The average Bonchev–Trinajstić information content (AvgIpc) is 2.37. The third-order valence-corrected chi connectivity index (χ3v) is 2.99. The number of hydrogen-bond acceptors (Lipinski definition) is 3. The monoisotopic (exact) mass is 238 g/mol. The van der Waals surface area contributed by atoms with E-state index in [1.165, 1.54) is 0 Å². The van der Waals surface area contributed by atoms with Crippen LogP contribution in [0.4, 0.5) is 0 Å². The first-order chi connectivity index (χ1) is 8.24. The molecular formula is C14H22O3. The van der Waals surface area contributed by atoms with E-state index in [0.717, 1.165) is 25.9 Å². The van der Waals surface area contributed by atoms with Crippen LogP contribution in [0.15, 0.2) is 12.3 Å². The maximum Gasteiger partial charge on any atom is 0.121 e. The minimum atomic E-state index is -0.493. The van der Waals surface area contributed by atoms with Gasteiger partial charge in [0.2, 0.25) is 0 Å². The highest BCUT2D eigenvalue weighted by atomic mass is 16.5. The van der Waals surface area contributed by atoms with E-state index in [9.17, 15) is 5.11 Å². The molecule has 1 aliphatic rings. The second kappa shape index (κ2) is 8.16. The van der Waals surface area contributed by atoms with Crippen LogP contribution in [0.5, 0.6) is 0 Å². The van der Waals surface area contributed by atoms with Crippen LogP contribution in [0.1, 0.15) is 32.6 Å². The van der Waals surface area contributed by atoms with Gasteiger partial charge in [-0.2, -0.15) is 0 Å². The third-order valence-electron chi connectivity index (χ3n) is 2.99. The van der Waals surface area contributed by atoms with Gasteiger partial charge in [-0.25, -0.2) is 0 Å². The third kappa shape index (κ3) is 5.76. The summed E-state index contributed by atoms with van der Waals surface area (Å²) >= 11 is 0. The highest BCUT2D eigenvalue weighted by molar-refractivity contribution is 4.90. The molecule has 0 aromatic carbocycles. The summed E-state index contributed by atoms with van der Waals surface area (Å²) in [6.45, 7) is 3.46. The number of aliphatic hydroxyl groups excluding tert-OH is 1. The smallest absolute Gasteiger partial charge is 0.121 e. The van der Waals surface area contributed by atoms with Crippen LogP contribution in [0.25, 0.3) is 0 Å². The molecule has 1 saturated heterocycles. The molecule has 3 heteroatoms. The zero-order valence-corrected chi connectivity index (χ0v) is 10.5. The summed E-state index contributed by atoms with van der Waals surface area (Å²) in [5.41, 5.74) is 0. The summed E-state index contributed by atoms with van der Waals surface area (Å²) in [4.78, 5) is 0. The Morgan fingerprint density at radius 3 is 3.12 bits per heavy atom. The molecule has 0 spiro atoms. The van der Waals surface area contributed by atoms with Crippen molar-refractivity contribution in [2.45, 2.75) is 44.8 Å². The Balaban J connectivity index is 2.20. The Morgan fingerprint density at radius 1 is 1.65 bits per heavy atom. The van der Waals surface area contributed by atoms with Gasteiger partial charge in [0, 0.05) is 13.0 Å². The number of ether oxygens (including phenoxy) is 2. The van der Waals surface area contributed by atoms with Crippen molar-refractivity contribution in [1.82, 2.24) is 0 Å². The molecule has 0 aromatic rings. The lowest BCUT2D eigenvalue weighted by Crippen LogP contribution is -2.24. The molecule has 0 saturated carbocycles. The Labute approximate surface area is 104 Å². The second-order valence-electron chi connectivity index (χ2n) is 4.51. The first kappa shape index (κ1) is 14.1. The fourth-order valence-electron chi connectivity index (χ4n) is 1.73. The lowest BCUT2D eigenvalue weighted by molar-refractivity contribution is -0.0141. The van der Waals surface area contributed by atoms with Crippen molar-refractivity contribution in [3.8, 4) is 12.3 Å². The van der Waals surface area contributed by atoms with Crippen LogP contribution in [-0.2, 0) is 9.47 Å². The molecule has 2 unspecified atom stereocenters. The minimum absolute atomic E-state index is 0.133. The van der Waals surface area contributed by atoms with Gasteiger partial charge in [0.05, 0.1) is 19.0 Å². The van der Waals surface area contributed by atoms with Gasteiger partial charge in [-0.05, 0) is 31.3 Å². The standard InChI is InChI=1S/C14H22O3/c1-3-4-6-12(2)14(15)8-10-17-13-7-5-9-16-11-13/h1,8,10,12-15H,4-7,9,11H2,2H3/t12-,13?,14?/m1/s1. The summed E-state index contributed by atoms with van der Waals surface area (Å²) in [5, 5.41) is 9.81. The fourth-order valence-corrected chi connectivity index (χ4v) is 1.73. The molecule has 3 atom stereocenters. The van der Waals surface area contributed by atoms with Crippen molar-refractivity contribution in [2.24, 2.45) is 5.92 Å². The number of terminal acetylenes is 1. The molecule has 1 rings (SSSR count). The average molecular weight is 238 g/mol. The second-order valence-corrected chi connectivity index (χ2v) is 4.51. The molecule has 0 amide bonds. The predicted octanol–water partition coefficient (Wildman–Crippen LogP) is 2.11. The molecule has 0 radical (unpaired) electrons. The van der Waals surface area contributed by atoms with E-state index in [4.69, 9.17) is 15.9 Å². The Morgan fingerprint density at radius 2 is 2.47 bits per heavy atom. The number of rotatable bonds is 6. The summed E-state index contributed by atoms with van der Waals surface area (Å²) in [5.74, 6) is 2.74. The van der Waals surface area contributed by atoms with Gasteiger partial charge in [-0.1, -0.05) is 6.92 Å². The van der Waals surface area contributed by atoms with E-state index in [0.29, 0.717) is 13.0 Å². The van der Waals surface area contributed by atoms with Gasteiger partial charge in [0.15, 0.2) is 0 Å². The largest absolute Gasteiger partial charge is 0.496 e. The minimum Gasteiger partial charge on any atom is -0.496 e. The number of hydrogen-bond donors (Lipinski definition) is 1. The lowest BCUT2D eigenvalue weighted by atomic mass is 9.99. The van der Waals surface area contributed by atoms with Gasteiger partial charge >= 0.3 is 0 Å². The molecule has 0 bridgehead atoms. The van der Waals surface area contributed by atoms with Crippen LogP contribution in [0, 0.1) is 18.3 Å². The Bertz CT molecular complexity index is 261. The molecule has 17 heavy (non-hydrogen) atoms. The van der Waals surface area contributed by atoms with Gasteiger partial charge < -0.3 is 14.6 Å². The van der Waals surface area contributed by atoms with Gasteiger partial charge in [0.1, 0.15) is 6.10 Å². The van der Waals surface area contributed by atoms with Gasteiger partial charge in [0.25, 0.3) is 0 Å². The zero-order valence-electron chi connectivity index (χ0n) is 10.5. The first-order valence-corrected chi connectivity index (χ1v) is 6.25. The van der Waals surface area contributed by atoms with Crippen molar-refractivity contribution in [1.29, 1.82) is 0 Å². The topological polar surface area (TPSA) is 38.7 Å². The molecule has 3 nitrogen and oxygen atoms in total. The number of aliphatic hydroxyl groups is 1. The van der Waals surface area contributed by atoms with Crippen molar-refractivity contribution in [3.05, 3.63) is 12.3 Å². The van der Waals surface area contributed by atoms with Crippen molar-refractivity contribution >= 4 is 0 Å². The van der Waals surface area contributed by atoms with Crippen LogP contribution < -0.4 is 0 Å². The van der Waals surface area contributed by atoms with Crippen LogP contribution >= 0.6 is 0 Å². The normalized spacial score (nSPS) is 24.2. The summed E-state index contributed by atoms with van der Waals surface area (Å²) in [6, 6.07) is 0. The van der Waals surface area contributed by atoms with Crippen LogP contribution in [0.2, 0.25) is 0 Å². The molecule has 0 aliphatic carbocycles. The van der Waals surface area contributed by atoms with E-state index in [2.05, 4.69) is 5.92 Å². The van der Waals surface area contributed by atoms with Gasteiger partial charge in [-0.15, -0.1) is 12.3 Å². The lowest BCUT2D eigenvalue weighted by Gasteiger charge is -2.21. The first-order valence-electron chi connectivity index (χ1n) is 6.25. The van der Waals surface area contributed by atoms with Crippen molar-refractivity contribution in [2.75, 3.05) is 13.2 Å². The van der Waals surface area contributed by atoms with Crippen LogP contribution in [-0.4, -0.2) is 30.5 Å². The SMILES string of the molecule is C#CCC[C@@H](C)C(O)C=COC1CCCOC1. The maximum atomic E-state index is 9.81. The molecule has 1 aliphatic heterocycles. The van der Waals surface area contributed by atoms with Crippen molar-refractivity contribution in [3.63, 3.8) is 0 Å². The fraction of sp³-hybridized carbons (Fsp3) is 0.714. The molecular weight excluding hydrogens is 216 g/mol. The van der Waals surface area contributed by atoms with E-state index >= 15 is 0 Å². The zero-order chi connectivity index (χ0) is 12.5. The molecule has 1 heterocycles. The summed E-state index contributed by atoms with van der Waals surface area (Å²) in [7, 11) is 0. The molecule has 1 fully saturated rings. The Hall–Kier alpha value is -0.980. The van der Waals surface area contributed by atoms with Gasteiger partial charge in [-0.3, -0.25) is 0 Å². The molecule has 0 aromatic heterocycles. The summed E-state index contributed by atoms with van der Waals surface area (Å²) < 4.78 is 10.8. The van der Waals surface area contributed by atoms with Crippen LogP contribution in [0.3, 0.4) is 0 Å². The van der Waals surface area contributed by atoms with E-state index < -0.39 is 6.10 Å². The Kier molecular flexibility index (Phi) is 6.76. The molecule has 1 N–H and O–H groups in total. The van der Waals surface area contributed by atoms with E-state index in [-0.39, 0.29) is 12.0 Å². The highest BCUT2D eigenvalue weighted by Crippen LogP contribution is 2.13. The quantitative estimate of drug-likeness (QED) is 0.569. The molecule has 96 valence electrons. The highest BCUT2D eigenvalue weighted by Gasteiger charge is 2.14. The van der Waals surface area contributed by atoms with Crippen molar-refractivity contribution < 1.29 is 14.6 Å². The van der Waals surface area contributed by atoms with E-state index in [1.54, 1.807) is 12.3 Å². The maximum absolute atomic E-state index is 9.81. The predicted molar refractivity (Wildman–Crippen MR) is 67.3 cm³/mol.